The van der Waals surface area contributed by atoms with Crippen molar-refractivity contribution >= 4 is 17.5 Å². The molecule has 21 heavy (non-hydrogen) atoms. The van der Waals surface area contributed by atoms with Gasteiger partial charge in [0, 0.05) is 31.3 Å². The maximum Gasteiger partial charge on any atom is 0.249 e. The zero-order valence-corrected chi connectivity index (χ0v) is 12.8. The monoisotopic (exact) mass is 290 g/mol. The second kappa shape index (κ2) is 6.61. The number of carbonyl (C=O) groups excluding carboxylic acids is 2. The topological polar surface area (TPSA) is 49.9 Å². The Labute approximate surface area is 125 Å². The molecule has 0 aromatic heterocycles. The van der Waals surface area contributed by atoms with Crippen molar-refractivity contribution in [2.75, 3.05) is 24.6 Å². The van der Waals surface area contributed by atoms with Gasteiger partial charge in [-0.05, 0) is 26.0 Å². The normalized spacial score (nSPS) is 18.8. The molecule has 0 spiro atoms. The Morgan fingerprint density at radius 2 is 2.10 bits per heavy atom. The van der Waals surface area contributed by atoms with Gasteiger partial charge in [0.15, 0.2) is 0 Å². The van der Waals surface area contributed by atoms with Gasteiger partial charge < -0.3 is 14.5 Å². The van der Waals surface area contributed by atoms with Crippen LogP contribution in [-0.4, -0.2) is 42.5 Å². The Bertz CT molecular complexity index is 530. The molecule has 1 aromatic carbocycles. The minimum atomic E-state index is -0.415. The van der Waals surface area contributed by atoms with E-state index in [1.807, 2.05) is 38.1 Å². The van der Waals surface area contributed by atoms with Crippen molar-refractivity contribution in [2.24, 2.45) is 0 Å². The molecule has 5 heteroatoms. The molecule has 0 N–H and O–H groups in total. The molecule has 2 amide bonds. The second-order valence-corrected chi connectivity index (χ2v) is 5.04. The number of hydrogen-bond acceptors (Lipinski definition) is 3. The Morgan fingerprint density at radius 3 is 2.76 bits per heavy atom. The van der Waals surface area contributed by atoms with Gasteiger partial charge >= 0.3 is 0 Å². The largest absolute Gasteiger partial charge is 0.494 e. The molecule has 0 bridgehead atoms. The fourth-order valence-corrected chi connectivity index (χ4v) is 2.58. The summed E-state index contributed by atoms with van der Waals surface area (Å²) in [5, 5.41) is 0. The molecule has 2 rings (SSSR count). The molecule has 5 nitrogen and oxygen atoms in total. The molecule has 114 valence electrons. The Kier molecular flexibility index (Phi) is 4.83. The Balaban J connectivity index is 2.17. The van der Waals surface area contributed by atoms with Crippen molar-refractivity contribution in [3.8, 4) is 5.75 Å². The molecular weight excluding hydrogens is 268 g/mol. The molecule has 1 unspecified atom stereocenters. The third kappa shape index (κ3) is 3.17. The van der Waals surface area contributed by atoms with E-state index in [2.05, 4.69) is 0 Å². The highest BCUT2D eigenvalue weighted by atomic mass is 16.5. The van der Waals surface area contributed by atoms with Gasteiger partial charge in [-0.15, -0.1) is 0 Å². The SMILES string of the molecule is CCOc1cccc(N2CCN(C(=O)CC)C(C)C2=O)c1. The van der Waals surface area contributed by atoms with Gasteiger partial charge in [-0.2, -0.15) is 0 Å². The van der Waals surface area contributed by atoms with Gasteiger partial charge in [0.2, 0.25) is 11.8 Å². The van der Waals surface area contributed by atoms with Gasteiger partial charge in [0.25, 0.3) is 0 Å². The first-order valence-electron chi connectivity index (χ1n) is 7.42. The standard InChI is InChI=1S/C16H22N2O3/c1-4-15(19)17-9-10-18(16(20)12(17)3)13-7-6-8-14(11-13)21-5-2/h6-8,11-12H,4-5,9-10H2,1-3H3. The number of rotatable bonds is 4. The smallest absolute Gasteiger partial charge is 0.249 e. The molecule has 1 fully saturated rings. The zero-order valence-electron chi connectivity index (χ0n) is 12.8. The summed E-state index contributed by atoms with van der Waals surface area (Å²) in [6, 6.07) is 7.09. The Hall–Kier alpha value is -2.04. The summed E-state index contributed by atoms with van der Waals surface area (Å²) in [5.74, 6) is 0.734. The number of anilines is 1. The minimum absolute atomic E-state index is 0.0265. The first kappa shape index (κ1) is 15.4. The predicted octanol–water partition coefficient (Wildman–Crippen LogP) is 2.06. The summed E-state index contributed by atoms with van der Waals surface area (Å²) >= 11 is 0. The van der Waals surface area contributed by atoms with Gasteiger partial charge in [-0.3, -0.25) is 9.59 Å². The van der Waals surface area contributed by atoms with Crippen molar-refractivity contribution in [1.82, 2.24) is 4.90 Å². The maximum absolute atomic E-state index is 12.5. The Morgan fingerprint density at radius 1 is 1.33 bits per heavy atom. The molecular formula is C16H22N2O3. The van der Waals surface area contributed by atoms with E-state index in [4.69, 9.17) is 4.74 Å². The van der Waals surface area contributed by atoms with Crippen LogP contribution in [0.25, 0.3) is 0 Å². The lowest BCUT2D eigenvalue weighted by Gasteiger charge is -2.39. The molecule has 1 heterocycles. The quantitative estimate of drug-likeness (QED) is 0.853. The average Bonchev–Trinajstić information content (AvgIpc) is 2.50. The van der Waals surface area contributed by atoms with E-state index in [0.717, 1.165) is 11.4 Å². The van der Waals surface area contributed by atoms with E-state index in [1.54, 1.807) is 16.7 Å². The van der Waals surface area contributed by atoms with Gasteiger partial charge in [-0.1, -0.05) is 13.0 Å². The molecule has 1 aliphatic heterocycles. The predicted molar refractivity (Wildman–Crippen MR) is 81.4 cm³/mol. The van der Waals surface area contributed by atoms with Crippen molar-refractivity contribution in [1.29, 1.82) is 0 Å². The number of hydrogen-bond donors (Lipinski definition) is 0. The number of amides is 2. The first-order valence-corrected chi connectivity index (χ1v) is 7.42. The number of piperazine rings is 1. The molecule has 1 aliphatic rings. The third-order valence-corrected chi connectivity index (χ3v) is 3.72. The van der Waals surface area contributed by atoms with E-state index in [1.165, 1.54) is 0 Å². The van der Waals surface area contributed by atoms with Crippen LogP contribution in [0.2, 0.25) is 0 Å². The number of carbonyl (C=O) groups is 2. The van der Waals surface area contributed by atoms with Crippen LogP contribution < -0.4 is 9.64 Å². The van der Waals surface area contributed by atoms with E-state index in [0.29, 0.717) is 26.1 Å². The fourth-order valence-electron chi connectivity index (χ4n) is 2.58. The second-order valence-electron chi connectivity index (χ2n) is 5.04. The molecule has 1 atom stereocenters. The summed E-state index contributed by atoms with van der Waals surface area (Å²) in [6.45, 7) is 7.20. The van der Waals surface area contributed by atoms with Crippen LogP contribution in [0.1, 0.15) is 27.2 Å². The maximum atomic E-state index is 12.5. The molecule has 0 aliphatic carbocycles. The van der Waals surface area contributed by atoms with Gasteiger partial charge in [0.05, 0.1) is 6.61 Å². The average molecular weight is 290 g/mol. The first-order chi connectivity index (χ1) is 10.1. The summed E-state index contributed by atoms with van der Waals surface area (Å²) in [7, 11) is 0. The van der Waals surface area contributed by atoms with Crippen molar-refractivity contribution < 1.29 is 14.3 Å². The molecule has 1 aromatic rings. The minimum Gasteiger partial charge on any atom is -0.494 e. The van der Waals surface area contributed by atoms with Crippen LogP contribution in [-0.2, 0) is 9.59 Å². The van der Waals surface area contributed by atoms with Gasteiger partial charge in [0.1, 0.15) is 11.8 Å². The lowest BCUT2D eigenvalue weighted by molar-refractivity contribution is -0.140. The van der Waals surface area contributed by atoms with Crippen LogP contribution in [0.15, 0.2) is 24.3 Å². The highest BCUT2D eigenvalue weighted by Crippen LogP contribution is 2.24. The van der Waals surface area contributed by atoms with Crippen LogP contribution in [0.3, 0.4) is 0 Å². The lowest BCUT2D eigenvalue weighted by atomic mass is 10.1. The van der Waals surface area contributed by atoms with Crippen molar-refractivity contribution in [3.05, 3.63) is 24.3 Å². The van der Waals surface area contributed by atoms with Gasteiger partial charge in [-0.25, -0.2) is 0 Å². The van der Waals surface area contributed by atoms with Crippen LogP contribution in [0, 0.1) is 0 Å². The summed E-state index contributed by atoms with van der Waals surface area (Å²) in [6.07, 6.45) is 0.428. The summed E-state index contributed by atoms with van der Waals surface area (Å²) in [4.78, 5) is 27.7. The highest BCUT2D eigenvalue weighted by Gasteiger charge is 2.34. The fraction of sp³-hybridized carbons (Fsp3) is 0.500. The zero-order chi connectivity index (χ0) is 15.4. The molecule has 0 saturated carbocycles. The summed E-state index contributed by atoms with van der Waals surface area (Å²) < 4.78 is 5.47. The van der Waals surface area contributed by atoms with Crippen LogP contribution in [0.5, 0.6) is 5.75 Å². The number of nitrogens with zero attached hydrogens (tertiary/aromatic N) is 2. The van der Waals surface area contributed by atoms with Crippen molar-refractivity contribution in [2.45, 2.75) is 33.2 Å². The molecule has 1 saturated heterocycles. The summed E-state index contributed by atoms with van der Waals surface area (Å²) in [5.41, 5.74) is 0.821. The highest BCUT2D eigenvalue weighted by molar-refractivity contribution is 6.00. The van der Waals surface area contributed by atoms with Crippen molar-refractivity contribution in [3.63, 3.8) is 0 Å². The van der Waals surface area contributed by atoms with Crippen LogP contribution >= 0.6 is 0 Å². The number of ether oxygens (including phenoxy) is 1. The van der Waals surface area contributed by atoms with E-state index in [-0.39, 0.29) is 11.8 Å². The van der Waals surface area contributed by atoms with E-state index < -0.39 is 6.04 Å². The third-order valence-electron chi connectivity index (χ3n) is 3.72. The van der Waals surface area contributed by atoms with E-state index in [9.17, 15) is 9.59 Å². The van der Waals surface area contributed by atoms with Crippen LogP contribution in [0.4, 0.5) is 5.69 Å². The number of benzene rings is 1. The van der Waals surface area contributed by atoms with E-state index >= 15 is 0 Å². The lowest BCUT2D eigenvalue weighted by Crippen LogP contribution is -2.57. The molecule has 0 radical (unpaired) electrons.